The highest BCUT2D eigenvalue weighted by atomic mass is 32.2. The summed E-state index contributed by atoms with van der Waals surface area (Å²) in [4.78, 5) is 20.1. The third kappa shape index (κ3) is 5.72. The van der Waals surface area contributed by atoms with Crippen LogP contribution in [0.15, 0.2) is 41.3 Å². The fourth-order valence-corrected chi connectivity index (χ4v) is 3.89. The first-order chi connectivity index (χ1) is 15.2. The predicted molar refractivity (Wildman–Crippen MR) is 117 cm³/mol. The van der Waals surface area contributed by atoms with Gasteiger partial charge in [-0.05, 0) is 44.2 Å². The summed E-state index contributed by atoms with van der Waals surface area (Å²) in [6.45, 7) is 4.28. The number of nitrogens with zero attached hydrogens (tertiary/aromatic N) is 4. The van der Waals surface area contributed by atoms with Crippen LogP contribution in [0.5, 0.6) is 11.9 Å². The van der Waals surface area contributed by atoms with E-state index in [9.17, 15) is 13.2 Å². The molecular weight excluding hydrogens is 436 g/mol. The summed E-state index contributed by atoms with van der Waals surface area (Å²) >= 11 is 0. The molecule has 0 aliphatic heterocycles. The van der Waals surface area contributed by atoms with Crippen molar-refractivity contribution in [3.8, 4) is 11.9 Å². The molecule has 170 valence electrons. The van der Waals surface area contributed by atoms with E-state index in [0.29, 0.717) is 12.2 Å². The summed E-state index contributed by atoms with van der Waals surface area (Å²) in [5.74, 6) is -0.0604. The standard InChI is InChI=1S/C20H24N6O5S/c1-13-11-14(2)26(24-13)10-9-18(27)21-15-5-7-16(8-6-15)32(28,29)25-17-12-19(30-3)23-20(22-17)31-4/h5-8,11-12H,9-10H2,1-4H3,(H,21,27)(H,22,23,25). The SMILES string of the molecule is COc1cc(NS(=O)(=O)c2ccc(NC(=O)CCn3nc(C)cc3C)cc2)nc(OC)n1. The van der Waals surface area contributed by atoms with Crippen molar-refractivity contribution in [3.63, 3.8) is 0 Å². The first-order valence-electron chi connectivity index (χ1n) is 9.61. The molecule has 2 aromatic heterocycles. The Hall–Kier alpha value is -3.67. The average molecular weight is 461 g/mol. The van der Waals surface area contributed by atoms with Gasteiger partial charge in [0, 0.05) is 30.4 Å². The topological polar surface area (TPSA) is 137 Å². The zero-order valence-corrected chi connectivity index (χ0v) is 18.9. The number of anilines is 2. The number of benzene rings is 1. The highest BCUT2D eigenvalue weighted by molar-refractivity contribution is 7.92. The minimum absolute atomic E-state index is 0.00442. The average Bonchev–Trinajstić information content (AvgIpc) is 3.08. The number of rotatable bonds is 9. The number of carbonyl (C=O) groups excluding carboxylic acids is 1. The van der Waals surface area contributed by atoms with E-state index in [4.69, 9.17) is 9.47 Å². The largest absolute Gasteiger partial charge is 0.481 e. The van der Waals surface area contributed by atoms with Gasteiger partial charge in [0.25, 0.3) is 10.0 Å². The van der Waals surface area contributed by atoms with E-state index in [2.05, 4.69) is 25.1 Å². The summed E-state index contributed by atoms with van der Waals surface area (Å²) in [7, 11) is -1.18. The van der Waals surface area contributed by atoms with Gasteiger partial charge in [-0.2, -0.15) is 15.1 Å². The lowest BCUT2D eigenvalue weighted by Gasteiger charge is -2.10. The van der Waals surface area contributed by atoms with E-state index in [-0.39, 0.29) is 34.9 Å². The monoisotopic (exact) mass is 460 g/mol. The van der Waals surface area contributed by atoms with Crippen molar-refractivity contribution < 1.29 is 22.7 Å². The molecule has 0 aliphatic carbocycles. The van der Waals surface area contributed by atoms with E-state index < -0.39 is 10.0 Å². The summed E-state index contributed by atoms with van der Waals surface area (Å²) < 4.78 is 39.4. The van der Waals surface area contributed by atoms with E-state index in [1.54, 1.807) is 4.68 Å². The van der Waals surface area contributed by atoms with Crippen molar-refractivity contribution in [1.82, 2.24) is 19.7 Å². The second-order valence-electron chi connectivity index (χ2n) is 6.86. The molecule has 3 aromatic rings. The summed E-state index contributed by atoms with van der Waals surface area (Å²) in [6.07, 6.45) is 0.237. The molecule has 12 heteroatoms. The van der Waals surface area contributed by atoms with Crippen molar-refractivity contribution in [3.05, 3.63) is 47.8 Å². The fourth-order valence-electron chi connectivity index (χ4n) is 2.90. The fraction of sp³-hybridized carbons (Fsp3) is 0.300. The molecule has 0 atom stereocenters. The molecule has 0 radical (unpaired) electrons. The molecule has 2 N–H and O–H groups in total. The first-order valence-corrected chi connectivity index (χ1v) is 11.1. The Labute approximate surface area is 185 Å². The van der Waals surface area contributed by atoms with Crippen LogP contribution in [-0.2, 0) is 21.4 Å². The highest BCUT2D eigenvalue weighted by Gasteiger charge is 2.17. The molecule has 0 aliphatic rings. The molecule has 0 saturated heterocycles. The number of methoxy groups -OCH3 is 2. The number of nitrogens with one attached hydrogen (secondary N) is 2. The Morgan fingerprint density at radius 1 is 1.06 bits per heavy atom. The minimum atomic E-state index is -3.93. The number of aromatic nitrogens is 4. The summed E-state index contributed by atoms with van der Waals surface area (Å²) in [6, 6.07) is 9.02. The predicted octanol–water partition coefficient (Wildman–Crippen LogP) is 2.14. The molecule has 0 saturated carbocycles. The lowest BCUT2D eigenvalue weighted by atomic mass is 10.3. The van der Waals surface area contributed by atoms with Gasteiger partial charge in [-0.3, -0.25) is 14.2 Å². The van der Waals surface area contributed by atoms with Crippen LogP contribution in [0.4, 0.5) is 11.5 Å². The molecule has 1 amide bonds. The number of ether oxygens (including phenoxy) is 2. The molecule has 32 heavy (non-hydrogen) atoms. The molecule has 11 nitrogen and oxygen atoms in total. The molecule has 3 rings (SSSR count). The van der Waals surface area contributed by atoms with Crippen LogP contribution in [0.3, 0.4) is 0 Å². The van der Waals surface area contributed by atoms with E-state index in [0.717, 1.165) is 11.4 Å². The second kappa shape index (κ2) is 9.64. The van der Waals surface area contributed by atoms with Crippen molar-refractivity contribution in [2.45, 2.75) is 31.7 Å². The molecule has 0 fully saturated rings. The third-order valence-corrected chi connectivity index (χ3v) is 5.79. The van der Waals surface area contributed by atoms with E-state index in [1.807, 2.05) is 19.9 Å². The van der Waals surface area contributed by atoms with Crippen LogP contribution in [-0.4, -0.2) is 48.3 Å². The van der Waals surface area contributed by atoms with Gasteiger partial charge in [0.05, 0.1) is 24.8 Å². The maximum atomic E-state index is 12.7. The van der Waals surface area contributed by atoms with Crippen LogP contribution in [0.25, 0.3) is 0 Å². The van der Waals surface area contributed by atoms with Crippen molar-refractivity contribution in [1.29, 1.82) is 0 Å². The Balaban J connectivity index is 1.64. The number of hydrogen-bond donors (Lipinski definition) is 2. The number of amides is 1. The smallest absolute Gasteiger partial charge is 0.321 e. The maximum Gasteiger partial charge on any atom is 0.321 e. The van der Waals surface area contributed by atoms with E-state index in [1.165, 1.54) is 44.6 Å². The molecule has 2 heterocycles. The van der Waals surface area contributed by atoms with Gasteiger partial charge in [-0.25, -0.2) is 8.42 Å². The molecule has 0 unspecified atom stereocenters. The number of sulfonamides is 1. The van der Waals surface area contributed by atoms with Gasteiger partial charge in [0.2, 0.25) is 11.8 Å². The summed E-state index contributed by atoms with van der Waals surface area (Å²) in [5.41, 5.74) is 2.36. The zero-order chi connectivity index (χ0) is 23.3. The van der Waals surface area contributed by atoms with Gasteiger partial charge in [-0.15, -0.1) is 0 Å². The van der Waals surface area contributed by atoms with Gasteiger partial charge < -0.3 is 14.8 Å². The van der Waals surface area contributed by atoms with Crippen molar-refractivity contribution in [2.75, 3.05) is 24.3 Å². The zero-order valence-electron chi connectivity index (χ0n) is 18.1. The Bertz CT molecular complexity index is 1190. The van der Waals surface area contributed by atoms with Crippen LogP contribution < -0.4 is 19.5 Å². The quantitative estimate of drug-likeness (QED) is 0.495. The van der Waals surface area contributed by atoms with Crippen LogP contribution in [0, 0.1) is 13.8 Å². The minimum Gasteiger partial charge on any atom is -0.481 e. The Kier molecular flexibility index (Phi) is 6.93. The number of hydrogen-bond acceptors (Lipinski definition) is 8. The Morgan fingerprint density at radius 3 is 2.38 bits per heavy atom. The summed E-state index contributed by atoms with van der Waals surface area (Å²) in [5, 5.41) is 7.07. The third-order valence-electron chi connectivity index (χ3n) is 4.42. The van der Waals surface area contributed by atoms with Gasteiger partial charge in [-0.1, -0.05) is 0 Å². The van der Waals surface area contributed by atoms with Crippen LogP contribution in [0.2, 0.25) is 0 Å². The molecule has 0 spiro atoms. The number of aryl methyl sites for hydroxylation is 3. The highest BCUT2D eigenvalue weighted by Crippen LogP contribution is 2.21. The lowest BCUT2D eigenvalue weighted by Crippen LogP contribution is -2.16. The second-order valence-corrected chi connectivity index (χ2v) is 8.54. The van der Waals surface area contributed by atoms with Gasteiger partial charge >= 0.3 is 6.01 Å². The molecular formula is C20H24N6O5S. The normalized spacial score (nSPS) is 11.1. The van der Waals surface area contributed by atoms with Crippen molar-refractivity contribution in [2.24, 2.45) is 0 Å². The van der Waals surface area contributed by atoms with E-state index >= 15 is 0 Å². The Morgan fingerprint density at radius 2 is 1.78 bits per heavy atom. The first kappa shape index (κ1) is 23.0. The van der Waals surface area contributed by atoms with Crippen molar-refractivity contribution >= 4 is 27.4 Å². The van der Waals surface area contributed by atoms with Crippen LogP contribution in [0.1, 0.15) is 17.8 Å². The van der Waals surface area contributed by atoms with Gasteiger partial charge in [0.1, 0.15) is 0 Å². The van der Waals surface area contributed by atoms with Gasteiger partial charge in [0.15, 0.2) is 5.82 Å². The molecule has 1 aromatic carbocycles. The molecule has 0 bridgehead atoms. The maximum absolute atomic E-state index is 12.7. The number of carbonyl (C=O) groups is 1. The lowest BCUT2D eigenvalue weighted by molar-refractivity contribution is -0.116. The van der Waals surface area contributed by atoms with Crippen LogP contribution >= 0.6 is 0 Å².